The summed E-state index contributed by atoms with van der Waals surface area (Å²) in [6.07, 6.45) is 6.35. The number of carboxylic acid groups (broad SMARTS) is 1. The summed E-state index contributed by atoms with van der Waals surface area (Å²) in [5, 5.41) is 12.3. The number of unbranched alkanes of at least 4 members (excludes halogenated alkanes) is 2. The lowest BCUT2D eigenvalue weighted by molar-refractivity contribution is -0.147. The molecule has 1 aliphatic rings. The first-order valence-corrected chi connectivity index (χ1v) is 8.22. The smallest absolute Gasteiger partial charge is 0.321 e. The molecule has 3 unspecified atom stereocenters. The molecule has 0 radical (unpaired) electrons. The highest BCUT2D eigenvalue weighted by molar-refractivity contribution is 5.80. The standard InChI is InChI=1S/C16H30N2O3/c1-4-5-6-9-13(3)17-14(19)11-18-10-7-8-12(2)15(18)16(20)21/h12-13,15H,4-11H2,1-3H3,(H,17,19)(H,20,21). The van der Waals surface area contributed by atoms with Crippen LogP contribution in [0.4, 0.5) is 0 Å². The highest BCUT2D eigenvalue weighted by Crippen LogP contribution is 2.23. The Kier molecular flexibility index (Phi) is 7.72. The fourth-order valence-corrected chi connectivity index (χ4v) is 3.13. The number of aliphatic carboxylic acids is 1. The quantitative estimate of drug-likeness (QED) is 0.674. The number of carbonyl (C=O) groups is 2. The topological polar surface area (TPSA) is 69.6 Å². The number of hydrogen-bond acceptors (Lipinski definition) is 3. The van der Waals surface area contributed by atoms with Gasteiger partial charge in [-0.3, -0.25) is 14.5 Å². The fourth-order valence-electron chi connectivity index (χ4n) is 3.13. The monoisotopic (exact) mass is 298 g/mol. The molecule has 0 bridgehead atoms. The molecule has 0 spiro atoms. The molecule has 0 aliphatic carbocycles. The van der Waals surface area contributed by atoms with Crippen molar-refractivity contribution in [2.75, 3.05) is 13.1 Å². The van der Waals surface area contributed by atoms with E-state index < -0.39 is 12.0 Å². The average Bonchev–Trinajstić information content (AvgIpc) is 2.38. The molecule has 5 nitrogen and oxygen atoms in total. The average molecular weight is 298 g/mol. The van der Waals surface area contributed by atoms with E-state index in [9.17, 15) is 14.7 Å². The third kappa shape index (κ3) is 6.04. The lowest BCUT2D eigenvalue weighted by Gasteiger charge is -2.36. The molecular formula is C16H30N2O3. The number of nitrogens with one attached hydrogen (secondary N) is 1. The van der Waals surface area contributed by atoms with Gasteiger partial charge >= 0.3 is 5.97 Å². The van der Waals surface area contributed by atoms with Crippen molar-refractivity contribution in [1.29, 1.82) is 0 Å². The van der Waals surface area contributed by atoms with Gasteiger partial charge < -0.3 is 10.4 Å². The van der Waals surface area contributed by atoms with Crippen molar-refractivity contribution in [3.8, 4) is 0 Å². The lowest BCUT2D eigenvalue weighted by Crippen LogP contribution is -2.53. The van der Waals surface area contributed by atoms with Crippen LogP contribution in [0.1, 0.15) is 59.3 Å². The van der Waals surface area contributed by atoms with Gasteiger partial charge in [-0.15, -0.1) is 0 Å². The second-order valence-corrected chi connectivity index (χ2v) is 6.34. The van der Waals surface area contributed by atoms with Gasteiger partial charge in [-0.25, -0.2) is 0 Å². The number of piperidine rings is 1. The third-order valence-electron chi connectivity index (χ3n) is 4.28. The van der Waals surface area contributed by atoms with Crippen LogP contribution in [0.3, 0.4) is 0 Å². The first-order valence-electron chi connectivity index (χ1n) is 8.22. The molecule has 0 aromatic carbocycles. The summed E-state index contributed by atoms with van der Waals surface area (Å²) in [6.45, 7) is 7.02. The van der Waals surface area contributed by atoms with Crippen LogP contribution < -0.4 is 5.32 Å². The van der Waals surface area contributed by atoms with Crippen LogP contribution in [0.25, 0.3) is 0 Å². The van der Waals surface area contributed by atoms with Crippen molar-refractivity contribution in [1.82, 2.24) is 10.2 Å². The second kappa shape index (κ2) is 9.03. The van der Waals surface area contributed by atoms with E-state index in [1.54, 1.807) is 0 Å². The van der Waals surface area contributed by atoms with Gasteiger partial charge in [0.05, 0.1) is 6.54 Å². The van der Waals surface area contributed by atoms with Crippen LogP contribution in [0.5, 0.6) is 0 Å². The van der Waals surface area contributed by atoms with Crippen molar-refractivity contribution >= 4 is 11.9 Å². The van der Waals surface area contributed by atoms with Gasteiger partial charge in [0.15, 0.2) is 0 Å². The molecule has 1 fully saturated rings. The Morgan fingerprint density at radius 3 is 2.71 bits per heavy atom. The minimum atomic E-state index is -0.814. The normalized spacial score (nSPS) is 24.5. The predicted molar refractivity (Wildman–Crippen MR) is 83.1 cm³/mol. The van der Waals surface area contributed by atoms with Crippen molar-refractivity contribution in [2.24, 2.45) is 5.92 Å². The Morgan fingerprint density at radius 2 is 2.10 bits per heavy atom. The Balaban J connectivity index is 2.43. The molecule has 0 aromatic heterocycles. The molecule has 3 atom stereocenters. The van der Waals surface area contributed by atoms with E-state index in [4.69, 9.17) is 0 Å². The number of rotatable bonds is 8. The molecule has 5 heteroatoms. The number of carboxylic acids is 1. The van der Waals surface area contributed by atoms with Crippen LogP contribution in [-0.2, 0) is 9.59 Å². The summed E-state index contributed by atoms with van der Waals surface area (Å²) in [7, 11) is 0. The van der Waals surface area contributed by atoms with E-state index in [-0.39, 0.29) is 24.4 Å². The summed E-state index contributed by atoms with van der Waals surface area (Å²) in [5.41, 5.74) is 0. The first kappa shape index (κ1) is 18.0. The molecule has 1 aliphatic heterocycles. The van der Waals surface area contributed by atoms with Crippen molar-refractivity contribution < 1.29 is 14.7 Å². The summed E-state index contributed by atoms with van der Waals surface area (Å²) < 4.78 is 0. The van der Waals surface area contributed by atoms with E-state index in [0.717, 1.165) is 25.7 Å². The van der Waals surface area contributed by atoms with Gasteiger partial charge in [-0.05, 0) is 38.6 Å². The molecule has 1 saturated heterocycles. The maximum absolute atomic E-state index is 12.1. The largest absolute Gasteiger partial charge is 0.480 e. The zero-order valence-electron chi connectivity index (χ0n) is 13.6. The number of nitrogens with zero attached hydrogens (tertiary/aromatic N) is 1. The molecule has 0 saturated carbocycles. The van der Waals surface area contributed by atoms with Gasteiger partial charge in [0, 0.05) is 6.04 Å². The SMILES string of the molecule is CCCCCC(C)NC(=O)CN1CCCC(C)C1C(=O)O. The molecule has 1 heterocycles. The van der Waals surface area contributed by atoms with Crippen LogP contribution in [0.2, 0.25) is 0 Å². The van der Waals surface area contributed by atoms with E-state index in [2.05, 4.69) is 12.2 Å². The van der Waals surface area contributed by atoms with Crippen LogP contribution in [0.15, 0.2) is 0 Å². The Labute approximate surface area is 128 Å². The minimum Gasteiger partial charge on any atom is -0.480 e. The zero-order chi connectivity index (χ0) is 15.8. The molecule has 0 aromatic rings. The van der Waals surface area contributed by atoms with Crippen LogP contribution >= 0.6 is 0 Å². The van der Waals surface area contributed by atoms with Gasteiger partial charge in [-0.1, -0.05) is 33.1 Å². The Morgan fingerprint density at radius 1 is 1.38 bits per heavy atom. The predicted octanol–water partition coefficient (Wildman–Crippen LogP) is 2.26. The van der Waals surface area contributed by atoms with Gasteiger partial charge in [0.2, 0.25) is 5.91 Å². The molecule has 2 N–H and O–H groups in total. The van der Waals surface area contributed by atoms with Crippen molar-refractivity contribution in [2.45, 2.75) is 71.4 Å². The molecule has 1 rings (SSSR count). The van der Waals surface area contributed by atoms with E-state index in [0.29, 0.717) is 6.54 Å². The number of carbonyl (C=O) groups excluding carboxylic acids is 1. The molecule has 21 heavy (non-hydrogen) atoms. The van der Waals surface area contributed by atoms with E-state index >= 15 is 0 Å². The number of likely N-dealkylation sites (tertiary alicyclic amines) is 1. The maximum atomic E-state index is 12.1. The van der Waals surface area contributed by atoms with Gasteiger partial charge in [0.1, 0.15) is 6.04 Å². The number of amides is 1. The second-order valence-electron chi connectivity index (χ2n) is 6.34. The molecule has 1 amide bonds. The van der Waals surface area contributed by atoms with Gasteiger partial charge in [0.25, 0.3) is 0 Å². The molecular weight excluding hydrogens is 268 g/mol. The Hall–Kier alpha value is -1.10. The van der Waals surface area contributed by atoms with Crippen molar-refractivity contribution in [3.63, 3.8) is 0 Å². The first-order chi connectivity index (χ1) is 9.95. The maximum Gasteiger partial charge on any atom is 0.321 e. The van der Waals surface area contributed by atoms with Crippen molar-refractivity contribution in [3.05, 3.63) is 0 Å². The highest BCUT2D eigenvalue weighted by atomic mass is 16.4. The zero-order valence-corrected chi connectivity index (χ0v) is 13.6. The summed E-state index contributed by atoms with van der Waals surface area (Å²) >= 11 is 0. The third-order valence-corrected chi connectivity index (χ3v) is 4.28. The van der Waals surface area contributed by atoms with Crippen LogP contribution in [-0.4, -0.2) is 47.1 Å². The highest BCUT2D eigenvalue weighted by Gasteiger charge is 2.35. The summed E-state index contributed by atoms with van der Waals surface area (Å²) in [5.74, 6) is -0.767. The summed E-state index contributed by atoms with van der Waals surface area (Å²) in [4.78, 5) is 25.3. The fraction of sp³-hybridized carbons (Fsp3) is 0.875. The minimum absolute atomic E-state index is 0.0562. The lowest BCUT2D eigenvalue weighted by atomic mass is 9.91. The summed E-state index contributed by atoms with van der Waals surface area (Å²) in [6, 6.07) is -0.366. The van der Waals surface area contributed by atoms with E-state index in [1.165, 1.54) is 12.8 Å². The van der Waals surface area contributed by atoms with Crippen LogP contribution in [0, 0.1) is 5.92 Å². The van der Waals surface area contributed by atoms with E-state index in [1.807, 2.05) is 18.7 Å². The Bertz CT molecular complexity index is 346. The number of hydrogen-bond donors (Lipinski definition) is 2. The molecule has 122 valence electrons. The van der Waals surface area contributed by atoms with Gasteiger partial charge in [-0.2, -0.15) is 0 Å².